The number of thiazole rings is 1. The number of rotatable bonds is 8. The Balaban J connectivity index is 1.79. The van der Waals surface area contributed by atoms with Gasteiger partial charge >= 0.3 is 11.9 Å². The molecule has 0 aromatic carbocycles. The van der Waals surface area contributed by atoms with E-state index in [1.165, 1.54) is 12.4 Å². The summed E-state index contributed by atoms with van der Waals surface area (Å²) in [7, 11) is 0. The van der Waals surface area contributed by atoms with Crippen molar-refractivity contribution in [3.63, 3.8) is 0 Å². The van der Waals surface area contributed by atoms with Gasteiger partial charge in [-0.05, 0) is 26.3 Å². The molecule has 3 aromatic rings. The van der Waals surface area contributed by atoms with Crippen LogP contribution in [0.15, 0.2) is 23.8 Å². The molecule has 0 spiro atoms. The Morgan fingerprint density at radius 2 is 1.91 bits per heavy atom. The lowest BCUT2D eigenvalue weighted by atomic mass is 10.2. The van der Waals surface area contributed by atoms with Crippen molar-refractivity contribution in [2.24, 2.45) is 0 Å². The SMILES string of the molecule is C=CCOC(=O)c1sc(NC(=O)Cn2cnc3sc(C(=O)OCC)c(C)c3c2=O)nc1C. The van der Waals surface area contributed by atoms with Crippen LogP contribution >= 0.6 is 22.7 Å². The average molecular weight is 477 g/mol. The summed E-state index contributed by atoms with van der Waals surface area (Å²) in [5, 5.41) is 3.05. The quantitative estimate of drug-likeness (QED) is 0.388. The van der Waals surface area contributed by atoms with E-state index >= 15 is 0 Å². The number of hydrogen-bond donors (Lipinski definition) is 1. The number of carbonyl (C=O) groups is 3. The van der Waals surface area contributed by atoms with Crippen LogP contribution < -0.4 is 10.9 Å². The number of fused-ring (bicyclic) bond motifs is 1. The van der Waals surface area contributed by atoms with Gasteiger partial charge < -0.3 is 14.8 Å². The molecule has 0 fully saturated rings. The van der Waals surface area contributed by atoms with E-state index in [0.717, 1.165) is 27.2 Å². The zero-order valence-electron chi connectivity index (χ0n) is 17.6. The van der Waals surface area contributed by atoms with Gasteiger partial charge in [0.25, 0.3) is 5.56 Å². The minimum absolute atomic E-state index is 0.0656. The van der Waals surface area contributed by atoms with Crippen LogP contribution in [0, 0.1) is 13.8 Å². The molecule has 168 valence electrons. The number of esters is 2. The molecule has 0 aliphatic heterocycles. The Bertz CT molecular complexity index is 1270. The van der Waals surface area contributed by atoms with Gasteiger partial charge in [-0.15, -0.1) is 11.3 Å². The molecule has 0 unspecified atom stereocenters. The van der Waals surface area contributed by atoms with Gasteiger partial charge in [0.2, 0.25) is 5.91 Å². The summed E-state index contributed by atoms with van der Waals surface area (Å²) in [5.41, 5.74) is 0.437. The summed E-state index contributed by atoms with van der Waals surface area (Å²) in [6.07, 6.45) is 2.70. The van der Waals surface area contributed by atoms with Gasteiger partial charge in [-0.1, -0.05) is 24.0 Å². The van der Waals surface area contributed by atoms with Gasteiger partial charge in [0.05, 0.1) is 24.0 Å². The third-order valence-corrected chi connectivity index (χ3v) is 6.49. The highest BCUT2D eigenvalue weighted by atomic mass is 32.1. The number of anilines is 1. The fourth-order valence-electron chi connectivity index (χ4n) is 2.82. The van der Waals surface area contributed by atoms with Crippen LogP contribution in [0.2, 0.25) is 0 Å². The van der Waals surface area contributed by atoms with E-state index in [2.05, 4.69) is 21.9 Å². The first-order valence-corrected chi connectivity index (χ1v) is 11.1. The average Bonchev–Trinajstić information content (AvgIpc) is 3.28. The first-order chi connectivity index (χ1) is 15.3. The summed E-state index contributed by atoms with van der Waals surface area (Å²) in [5.74, 6) is -1.60. The molecule has 32 heavy (non-hydrogen) atoms. The number of amides is 1. The van der Waals surface area contributed by atoms with Crippen LogP contribution in [0.4, 0.5) is 5.13 Å². The monoisotopic (exact) mass is 476 g/mol. The predicted molar refractivity (Wildman–Crippen MR) is 121 cm³/mol. The third kappa shape index (κ3) is 4.75. The molecule has 0 aliphatic rings. The lowest BCUT2D eigenvalue weighted by Crippen LogP contribution is -2.27. The van der Waals surface area contributed by atoms with Crippen molar-refractivity contribution >= 4 is 55.9 Å². The van der Waals surface area contributed by atoms with Crippen molar-refractivity contribution in [2.45, 2.75) is 27.3 Å². The van der Waals surface area contributed by atoms with Crippen molar-refractivity contribution in [1.82, 2.24) is 14.5 Å². The van der Waals surface area contributed by atoms with E-state index in [1.807, 2.05) is 0 Å². The highest BCUT2D eigenvalue weighted by Gasteiger charge is 2.21. The number of nitrogens with one attached hydrogen (secondary N) is 1. The standard InChI is InChI=1S/C20H20N4O6S2/c1-5-7-30-19(28)15-11(4)22-20(32-15)23-12(25)8-24-9-21-16-13(17(24)26)10(3)14(31-16)18(27)29-6-2/h5,9H,1,6-8H2,2-4H3,(H,22,23,25). The molecule has 3 aromatic heterocycles. The third-order valence-electron chi connectivity index (χ3n) is 4.25. The van der Waals surface area contributed by atoms with Crippen molar-refractivity contribution in [3.8, 4) is 0 Å². The second kappa shape index (κ2) is 9.83. The highest BCUT2D eigenvalue weighted by Crippen LogP contribution is 2.27. The Hall–Kier alpha value is -3.38. The van der Waals surface area contributed by atoms with E-state index in [4.69, 9.17) is 9.47 Å². The van der Waals surface area contributed by atoms with Gasteiger partial charge in [0.15, 0.2) is 5.13 Å². The van der Waals surface area contributed by atoms with E-state index < -0.39 is 23.4 Å². The number of hydrogen-bond acceptors (Lipinski definition) is 10. The molecule has 10 nitrogen and oxygen atoms in total. The summed E-state index contributed by atoms with van der Waals surface area (Å²) >= 11 is 2.04. The molecule has 3 rings (SSSR count). The second-order valence-electron chi connectivity index (χ2n) is 6.50. The zero-order valence-corrected chi connectivity index (χ0v) is 19.2. The molecule has 0 bridgehead atoms. The number of aryl methyl sites for hydroxylation is 2. The van der Waals surface area contributed by atoms with Crippen LogP contribution in [0.25, 0.3) is 10.2 Å². The maximum atomic E-state index is 12.9. The molecule has 0 aliphatic carbocycles. The Morgan fingerprint density at radius 1 is 1.19 bits per heavy atom. The fraction of sp³-hybridized carbons (Fsp3) is 0.300. The minimum atomic E-state index is -0.559. The molecule has 1 N–H and O–H groups in total. The number of carbonyl (C=O) groups excluding carboxylic acids is 3. The van der Waals surface area contributed by atoms with Gasteiger partial charge in [0, 0.05) is 0 Å². The first kappa shape index (κ1) is 23.3. The highest BCUT2D eigenvalue weighted by molar-refractivity contribution is 7.20. The fourth-order valence-corrected chi connectivity index (χ4v) is 4.73. The molecule has 3 heterocycles. The van der Waals surface area contributed by atoms with Crippen LogP contribution in [0.3, 0.4) is 0 Å². The Morgan fingerprint density at radius 3 is 2.59 bits per heavy atom. The smallest absolute Gasteiger partial charge is 0.350 e. The van der Waals surface area contributed by atoms with Crippen molar-refractivity contribution in [2.75, 3.05) is 18.5 Å². The number of aromatic nitrogens is 3. The van der Waals surface area contributed by atoms with Gasteiger partial charge in [-0.2, -0.15) is 0 Å². The lowest BCUT2D eigenvalue weighted by molar-refractivity contribution is -0.116. The largest absolute Gasteiger partial charge is 0.462 e. The molecule has 0 radical (unpaired) electrons. The Labute approximate surface area is 190 Å². The van der Waals surface area contributed by atoms with E-state index in [9.17, 15) is 19.2 Å². The van der Waals surface area contributed by atoms with Crippen molar-refractivity contribution in [3.05, 3.63) is 50.3 Å². The lowest BCUT2D eigenvalue weighted by Gasteiger charge is -2.05. The summed E-state index contributed by atoms with van der Waals surface area (Å²) in [6.45, 7) is 8.41. The summed E-state index contributed by atoms with van der Waals surface area (Å²) in [4.78, 5) is 58.8. The number of ether oxygens (including phenoxy) is 2. The van der Waals surface area contributed by atoms with Crippen LogP contribution in [-0.2, 0) is 20.8 Å². The Kier molecular flexibility index (Phi) is 7.15. The van der Waals surface area contributed by atoms with Gasteiger partial charge in [-0.3, -0.25) is 14.2 Å². The molecule has 0 atom stereocenters. The van der Waals surface area contributed by atoms with Crippen LogP contribution in [-0.4, -0.2) is 45.6 Å². The molecular formula is C20H20N4O6S2. The maximum absolute atomic E-state index is 12.9. The summed E-state index contributed by atoms with van der Waals surface area (Å²) < 4.78 is 11.2. The van der Waals surface area contributed by atoms with E-state index in [1.54, 1.807) is 20.8 Å². The second-order valence-corrected chi connectivity index (χ2v) is 8.50. The van der Waals surface area contributed by atoms with Gasteiger partial charge in [0.1, 0.15) is 27.7 Å². The van der Waals surface area contributed by atoms with E-state index in [-0.39, 0.29) is 35.2 Å². The zero-order chi connectivity index (χ0) is 23.4. The van der Waals surface area contributed by atoms with E-state index in [0.29, 0.717) is 21.0 Å². The van der Waals surface area contributed by atoms with Crippen LogP contribution in [0.5, 0.6) is 0 Å². The van der Waals surface area contributed by atoms with Crippen LogP contribution in [0.1, 0.15) is 37.5 Å². The molecule has 0 saturated carbocycles. The van der Waals surface area contributed by atoms with Gasteiger partial charge in [-0.25, -0.2) is 19.6 Å². The molecular weight excluding hydrogens is 456 g/mol. The number of nitrogens with zero attached hydrogens (tertiary/aromatic N) is 3. The molecule has 12 heteroatoms. The molecule has 1 amide bonds. The molecule has 0 saturated heterocycles. The van der Waals surface area contributed by atoms with Crippen molar-refractivity contribution < 1.29 is 23.9 Å². The predicted octanol–water partition coefficient (Wildman–Crippen LogP) is 2.69. The minimum Gasteiger partial charge on any atom is -0.462 e. The topological polar surface area (TPSA) is 129 Å². The first-order valence-electron chi connectivity index (χ1n) is 9.47. The maximum Gasteiger partial charge on any atom is 0.350 e. The number of thiophene rings is 1. The normalized spacial score (nSPS) is 10.7. The summed E-state index contributed by atoms with van der Waals surface area (Å²) in [6, 6.07) is 0. The van der Waals surface area contributed by atoms with Crippen molar-refractivity contribution in [1.29, 1.82) is 0 Å².